The summed E-state index contributed by atoms with van der Waals surface area (Å²) in [5, 5.41) is 15.0. The number of rotatable bonds is 5. The van der Waals surface area contributed by atoms with Gasteiger partial charge < -0.3 is 4.57 Å². The number of amides is 1. The van der Waals surface area contributed by atoms with Crippen molar-refractivity contribution < 1.29 is 4.79 Å². The Morgan fingerprint density at radius 1 is 1.17 bits per heavy atom. The molecule has 0 saturated carbocycles. The zero-order chi connectivity index (χ0) is 20.4. The monoisotopic (exact) mass is 469 g/mol. The van der Waals surface area contributed by atoms with Crippen molar-refractivity contribution in [2.75, 3.05) is 5.75 Å². The van der Waals surface area contributed by atoms with Gasteiger partial charge in [0.2, 0.25) is 0 Å². The lowest BCUT2D eigenvalue weighted by Gasteiger charge is -2.22. The summed E-state index contributed by atoms with van der Waals surface area (Å²) in [5.74, 6) is 0.210. The van der Waals surface area contributed by atoms with Crippen LogP contribution in [0.1, 0.15) is 29.2 Å². The molecule has 3 aromatic rings. The summed E-state index contributed by atoms with van der Waals surface area (Å²) in [6, 6.07) is 16.2. The largest absolute Gasteiger partial charge is 0.312 e. The molecular formula is C21H20BrN5OS. The van der Waals surface area contributed by atoms with Crippen LogP contribution in [-0.2, 0) is 11.8 Å². The molecule has 2 heterocycles. The number of hydrogen-bond acceptors (Lipinski definition) is 5. The minimum Gasteiger partial charge on any atom is -0.312 e. The number of carbonyl (C=O) groups excluding carboxylic acids is 1. The van der Waals surface area contributed by atoms with Gasteiger partial charge in [-0.2, -0.15) is 5.10 Å². The quantitative estimate of drug-likeness (QED) is 0.520. The molecule has 29 heavy (non-hydrogen) atoms. The van der Waals surface area contributed by atoms with E-state index in [0.717, 1.165) is 21.3 Å². The summed E-state index contributed by atoms with van der Waals surface area (Å²) in [5.41, 5.74) is 4.22. The van der Waals surface area contributed by atoms with E-state index in [-0.39, 0.29) is 17.7 Å². The second-order valence-electron chi connectivity index (χ2n) is 6.94. The van der Waals surface area contributed by atoms with Crippen molar-refractivity contribution in [3.63, 3.8) is 0 Å². The van der Waals surface area contributed by atoms with Gasteiger partial charge >= 0.3 is 0 Å². The number of hydrogen-bond donors (Lipinski definition) is 0. The van der Waals surface area contributed by atoms with E-state index >= 15 is 0 Å². The van der Waals surface area contributed by atoms with E-state index in [9.17, 15) is 4.79 Å². The highest BCUT2D eigenvalue weighted by Gasteiger charge is 2.33. The van der Waals surface area contributed by atoms with Crippen molar-refractivity contribution in [2.24, 2.45) is 12.1 Å². The van der Waals surface area contributed by atoms with E-state index in [2.05, 4.69) is 57.3 Å². The standard InChI is InChI=1S/C21H20BrN5OS/c1-14-3-5-16(6-4-14)19-11-18(15-7-9-17(22)10-8-15)25-27(19)20(28)12-29-21-24-23-13-26(21)2/h3-10,13,19H,11-12H2,1-2H3/t19-/m0/s1. The van der Waals surface area contributed by atoms with Crippen molar-refractivity contribution >= 4 is 39.3 Å². The Labute approximate surface area is 182 Å². The minimum absolute atomic E-state index is 0.0457. The third kappa shape index (κ3) is 4.43. The van der Waals surface area contributed by atoms with Gasteiger partial charge in [0.1, 0.15) is 6.33 Å². The molecule has 8 heteroatoms. The predicted molar refractivity (Wildman–Crippen MR) is 118 cm³/mol. The van der Waals surface area contributed by atoms with Crippen LogP contribution in [-0.4, -0.2) is 37.1 Å². The molecule has 1 atom stereocenters. The molecule has 0 unspecified atom stereocenters. The molecule has 0 spiro atoms. The number of nitrogens with zero attached hydrogens (tertiary/aromatic N) is 5. The number of carbonyl (C=O) groups is 1. The molecule has 0 radical (unpaired) electrons. The molecule has 6 nitrogen and oxygen atoms in total. The Hall–Kier alpha value is -2.45. The van der Waals surface area contributed by atoms with Gasteiger partial charge in [0.15, 0.2) is 5.16 Å². The maximum absolute atomic E-state index is 13.1. The van der Waals surface area contributed by atoms with Gasteiger partial charge in [0, 0.05) is 17.9 Å². The molecule has 148 valence electrons. The zero-order valence-electron chi connectivity index (χ0n) is 16.1. The van der Waals surface area contributed by atoms with Crippen molar-refractivity contribution in [2.45, 2.75) is 24.5 Å². The Morgan fingerprint density at radius 2 is 1.90 bits per heavy atom. The van der Waals surface area contributed by atoms with Gasteiger partial charge in [-0.05, 0) is 30.2 Å². The van der Waals surface area contributed by atoms with E-state index in [0.29, 0.717) is 11.6 Å². The minimum atomic E-state index is -0.109. The van der Waals surface area contributed by atoms with Crippen molar-refractivity contribution in [3.8, 4) is 0 Å². The lowest BCUT2D eigenvalue weighted by Crippen LogP contribution is -2.28. The fourth-order valence-electron chi connectivity index (χ4n) is 3.20. The van der Waals surface area contributed by atoms with Crippen LogP contribution in [0.2, 0.25) is 0 Å². The number of aryl methyl sites for hydroxylation is 2. The fourth-order valence-corrected chi connectivity index (χ4v) is 4.21. The first-order chi connectivity index (χ1) is 14.0. The molecule has 0 N–H and O–H groups in total. The smallest absolute Gasteiger partial charge is 0.253 e. The van der Waals surface area contributed by atoms with Gasteiger partial charge in [0.25, 0.3) is 5.91 Å². The summed E-state index contributed by atoms with van der Waals surface area (Å²) >= 11 is 4.84. The highest BCUT2D eigenvalue weighted by molar-refractivity contribution is 9.10. The maximum atomic E-state index is 13.1. The third-order valence-electron chi connectivity index (χ3n) is 4.80. The number of thioether (sulfide) groups is 1. The SMILES string of the molecule is Cc1ccc([C@@H]2CC(c3ccc(Br)cc3)=NN2C(=O)CSc2nncn2C)cc1. The molecule has 1 aromatic heterocycles. The van der Waals surface area contributed by atoms with Crippen LogP contribution in [0.4, 0.5) is 0 Å². The van der Waals surface area contributed by atoms with Crippen LogP contribution in [0.15, 0.2) is 69.6 Å². The molecule has 0 aliphatic carbocycles. The lowest BCUT2D eigenvalue weighted by atomic mass is 9.98. The molecule has 0 bridgehead atoms. The topological polar surface area (TPSA) is 63.4 Å². The summed E-state index contributed by atoms with van der Waals surface area (Å²) < 4.78 is 2.82. The van der Waals surface area contributed by atoms with Gasteiger partial charge in [-0.15, -0.1) is 10.2 Å². The van der Waals surface area contributed by atoms with Crippen molar-refractivity contribution in [3.05, 3.63) is 76.0 Å². The van der Waals surface area contributed by atoms with Crippen LogP contribution < -0.4 is 0 Å². The van der Waals surface area contributed by atoms with Crippen molar-refractivity contribution in [1.82, 2.24) is 19.8 Å². The van der Waals surface area contributed by atoms with Crippen molar-refractivity contribution in [1.29, 1.82) is 0 Å². The summed E-state index contributed by atoms with van der Waals surface area (Å²) in [6.07, 6.45) is 2.31. The van der Waals surface area contributed by atoms with E-state index in [4.69, 9.17) is 5.10 Å². The number of benzene rings is 2. The molecule has 0 fully saturated rings. The second kappa shape index (κ2) is 8.51. The number of halogens is 1. The number of aromatic nitrogens is 3. The molecule has 2 aromatic carbocycles. The Kier molecular flexibility index (Phi) is 5.82. The Bertz CT molecular complexity index is 1050. The molecule has 1 aliphatic heterocycles. The van der Waals surface area contributed by atoms with Gasteiger partial charge in [-0.25, -0.2) is 5.01 Å². The lowest BCUT2D eigenvalue weighted by molar-refractivity contribution is -0.130. The van der Waals surface area contributed by atoms with E-state index in [1.807, 2.05) is 31.3 Å². The fraction of sp³-hybridized carbons (Fsp3) is 0.238. The third-order valence-corrected chi connectivity index (χ3v) is 6.35. The first kappa shape index (κ1) is 19.8. The molecule has 0 saturated heterocycles. The second-order valence-corrected chi connectivity index (χ2v) is 8.79. The van der Waals surface area contributed by atoms with Gasteiger partial charge in [0.05, 0.1) is 17.5 Å². The maximum Gasteiger partial charge on any atom is 0.253 e. The van der Waals surface area contributed by atoms with Gasteiger partial charge in [-0.3, -0.25) is 4.79 Å². The zero-order valence-corrected chi connectivity index (χ0v) is 18.5. The summed E-state index contributed by atoms with van der Waals surface area (Å²) in [7, 11) is 1.86. The van der Waals surface area contributed by atoms with Crippen LogP contribution in [0.5, 0.6) is 0 Å². The summed E-state index contributed by atoms with van der Waals surface area (Å²) in [4.78, 5) is 13.1. The Morgan fingerprint density at radius 3 is 2.55 bits per heavy atom. The highest BCUT2D eigenvalue weighted by atomic mass is 79.9. The molecule has 1 aliphatic rings. The van der Waals surface area contributed by atoms with Crippen LogP contribution in [0.25, 0.3) is 0 Å². The first-order valence-corrected chi connectivity index (χ1v) is 11.0. The average Bonchev–Trinajstić information content (AvgIpc) is 3.34. The average molecular weight is 470 g/mol. The molecular weight excluding hydrogens is 450 g/mol. The van der Waals surface area contributed by atoms with Crippen LogP contribution in [0.3, 0.4) is 0 Å². The molecule has 1 amide bonds. The summed E-state index contributed by atoms with van der Waals surface area (Å²) in [6.45, 7) is 2.06. The van der Waals surface area contributed by atoms with E-state index < -0.39 is 0 Å². The van der Waals surface area contributed by atoms with E-state index in [1.165, 1.54) is 17.3 Å². The molecule has 4 rings (SSSR count). The number of hydrazone groups is 1. The predicted octanol–water partition coefficient (Wildman–Crippen LogP) is 4.36. The first-order valence-electron chi connectivity index (χ1n) is 9.20. The highest BCUT2D eigenvalue weighted by Crippen LogP contribution is 2.34. The van der Waals surface area contributed by atoms with Crippen LogP contribution in [0, 0.1) is 6.92 Å². The van der Waals surface area contributed by atoms with Crippen LogP contribution >= 0.6 is 27.7 Å². The van der Waals surface area contributed by atoms with Gasteiger partial charge in [-0.1, -0.05) is 69.7 Å². The normalized spacial score (nSPS) is 16.2. The van der Waals surface area contributed by atoms with E-state index in [1.54, 1.807) is 15.9 Å². The Balaban J connectivity index is 1.59.